The van der Waals surface area contributed by atoms with Crippen LogP contribution in [0.1, 0.15) is 10.9 Å². The van der Waals surface area contributed by atoms with Crippen molar-refractivity contribution in [3.63, 3.8) is 0 Å². The van der Waals surface area contributed by atoms with Gasteiger partial charge in [-0.05, 0) is 35.7 Å². The zero-order valence-corrected chi connectivity index (χ0v) is 9.48. The molecule has 16 heavy (non-hydrogen) atoms. The summed E-state index contributed by atoms with van der Waals surface area (Å²) in [5.41, 5.74) is 5.95. The summed E-state index contributed by atoms with van der Waals surface area (Å²) in [6.45, 7) is 0.436. The van der Waals surface area contributed by atoms with Gasteiger partial charge in [0.15, 0.2) is 0 Å². The molecule has 0 aliphatic carbocycles. The van der Waals surface area contributed by atoms with Crippen LogP contribution in [0.4, 0.5) is 0 Å². The fourth-order valence-electron chi connectivity index (χ4n) is 1.31. The predicted octanol–water partition coefficient (Wildman–Crippen LogP) is 2.53. The number of rotatable bonds is 4. The molecule has 0 fully saturated rings. The molecule has 3 N–H and O–H groups in total. The van der Waals surface area contributed by atoms with Crippen LogP contribution >= 0.6 is 11.3 Å². The number of ether oxygens (including phenoxy) is 1. The predicted molar refractivity (Wildman–Crippen MR) is 64.8 cm³/mol. The van der Waals surface area contributed by atoms with Gasteiger partial charge in [0.05, 0.1) is 6.04 Å². The van der Waals surface area contributed by atoms with Gasteiger partial charge in [-0.25, -0.2) is 0 Å². The average Bonchev–Trinajstić information content (AvgIpc) is 2.81. The van der Waals surface area contributed by atoms with Crippen LogP contribution in [0.2, 0.25) is 0 Å². The highest BCUT2D eigenvalue weighted by Gasteiger charge is 2.07. The van der Waals surface area contributed by atoms with E-state index in [1.807, 2.05) is 17.5 Å². The topological polar surface area (TPSA) is 55.5 Å². The quantitative estimate of drug-likeness (QED) is 0.856. The molecule has 0 saturated heterocycles. The van der Waals surface area contributed by atoms with Crippen LogP contribution in [0.3, 0.4) is 0 Å². The number of nitrogens with two attached hydrogens (primary N) is 1. The fourth-order valence-corrected chi connectivity index (χ4v) is 2.03. The molecule has 0 radical (unpaired) electrons. The molecule has 1 aromatic heterocycles. The van der Waals surface area contributed by atoms with Gasteiger partial charge in [0.2, 0.25) is 0 Å². The highest BCUT2D eigenvalue weighted by Crippen LogP contribution is 2.20. The van der Waals surface area contributed by atoms with Gasteiger partial charge in [0, 0.05) is 4.88 Å². The lowest BCUT2D eigenvalue weighted by Crippen LogP contribution is -2.17. The van der Waals surface area contributed by atoms with Crippen molar-refractivity contribution >= 4 is 11.3 Å². The van der Waals surface area contributed by atoms with Crippen molar-refractivity contribution in [3.8, 4) is 11.5 Å². The summed E-state index contributed by atoms with van der Waals surface area (Å²) in [5, 5.41) is 11.1. The van der Waals surface area contributed by atoms with Crippen LogP contribution in [0, 0.1) is 0 Å². The van der Waals surface area contributed by atoms with Gasteiger partial charge in [-0.1, -0.05) is 6.07 Å². The Morgan fingerprint density at radius 3 is 2.62 bits per heavy atom. The molecule has 0 aliphatic heterocycles. The first kappa shape index (κ1) is 11.0. The Kier molecular flexibility index (Phi) is 3.44. The first-order chi connectivity index (χ1) is 7.75. The summed E-state index contributed by atoms with van der Waals surface area (Å²) in [4.78, 5) is 1.11. The van der Waals surface area contributed by atoms with Gasteiger partial charge in [-0.3, -0.25) is 0 Å². The molecule has 84 valence electrons. The number of hydrogen-bond acceptors (Lipinski definition) is 4. The van der Waals surface area contributed by atoms with Crippen LogP contribution in [-0.2, 0) is 0 Å². The largest absolute Gasteiger partial charge is 0.508 e. The van der Waals surface area contributed by atoms with Crippen molar-refractivity contribution in [3.05, 3.63) is 46.7 Å². The van der Waals surface area contributed by atoms with Crippen molar-refractivity contribution < 1.29 is 9.84 Å². The first-order valence-electron chi connectivity index (χ1n) is 4.96. The second kappa shape index (κ2) is 5.01. The molecule has 0 spiro atoms. The number of thiophene rings is 1. The minimum atomic E-state index is -0.103. The molecule has 0 amide bonds. The Morgan fingerprint density at radius 1 is 1.25 bits per heavy atom. The van der Waals surface area contributed by atoms with Crippen molar-refractivity contribution in [2.75, 3.05) is 6.61 Å². The SMILES string of the molecule is NC(COc1ccc(O)cc1)c1cccs1. The molecule has 3 nitrogen and oxygen atoms in total. The van der Waals surface area contributed by atoms with Gasteiger partial charge in [-0.15, -0.1) is 11.3 Å². The molecule has 2 aromatic rings. The van der Waals surface area contributed by atoms with E-state index in [9.17, 15) is 0 Å². The second-order valence-electron chi connectivity index (χ2n) is 3.43. The molecular formula is C12H13NO2S. The van der Waals surface area contributed by atoms with Crippen molar-refractivity contribution in [2.24, 2.45) is 5.73 Å². The third-order valence-corrected chi connectivity index (χ3v) is 3.18. The van der Waals surface area contributed by atoms with Crippen LogP contribution in [0.5, 0.6) is 11.5 Å². The molecular weight excluding hydrogens is 222 g/mol. The Morgan fingerprint density at radius 2 is 2.00 bits per heavy atom. The smallest absolute Gasteiger partial charge is 0.119 e. The summed E-state index contributed by atoms with van der Waals surface area (Å²) in [6.07, 6.45) is 0. The molecule has 1 unspecified atom stereocenters. The van der Waals surface area contributed by atoms with Crippen molar-refractivity contribution in [2.45, 2.75) is 6.04 Å². The van der Waals surface area contributed by atoms with E-state index >= 15 is 0 Å². The first-order valence-corrected chi connectivity index (χ1v) is 5.84. The average molecular weight is 235 g/mol. The molecule has 1 aromatic carbocycles. The van der Waals surface area contributed by atoms with E-state index < -0.39 is 0 Å². The molecule has 1 heterocycles. The lowest BCUT2D eigenvalue weighted by Gasteiger charge is -2.11. The molecule has 2 rings (SSSR count). The van der Waals surface area contributed by atoms with Gasteiger partial charge in [0.1, 0.15) is 18.1 Å². The molecule has 0 saturated carbocycles. The van der Waals surface area contributed by atoms with Gasteiger partial charge in [-0.2, -0.15) is 0 Å². The third kappa shape index (κ3) is 2.74. The Bertz CT molecular complexity index is 425. The molecule has 4 heteroatoms. The fraction of sp³-hybridized carbons (Fsp3) is 0.167. The Hall–Kier alpha value is -1.52. The highest BCUT2D eigenvalue weighted by molar-refractivity contribution is 7.10. The summed E-state index contributed by atoms with van der Waals surface area (Å²) in [5.74, 6) is 0.944. The summed E-state index contributed by atoms with van der Waals surface area (Å²) >= 11 is 1.62. The van der Waals surface area contributed by atoms with Crippen LogP contribution in [-0.4, -0.2) is 11.7 Å². The number of aromatic hydroxyl groups is 1. The van der Waals surface area contributed by atoms with Crippen LogP contribution in [0.25, 0.3) is 0 Å². The van der Waals surface area contributed by atoms with E-state index in [1.165, 1.54) is 0 Å². The Labute approximate surface area is 98.1 Å². The van der Waals surface area contributed by atoms with E-state index in [4.69, 9.17) is 15.6 Å². The van der Waals surface area contributed by atoms with E-state index in [2.05, 4.69) is 0 Å². The van der Waals surface area contributed by atoms with Gasteiger partial charge in [0.25, 0.3) is 0 Å². The third-order valence-electron chi connectivity index (χ3n) is 2.17. The highest BCUT2D eigenvalue weighted by atomic mass is 32.1. The van der Waals surface area contributed by atoms with E-state index in [-0.39, 0.29) is 11.8 Å². The normalized spacial score (nSPS) is 12.3. The monoisotopic (exact) mass is 235 g/mol. The summed E-state index contributed by atoms with van der Waals surface area (Å²) in [7, 11) is 0. The van der Waals surface area contributed by atoms with Crippen molar-refractivity contribution in [1.29, 1.82) is 0 Å². The maximum atomic E-state index is 9.11. The second-order valence-corrected chi connectivity index (χ2v) is 4.41. The Balaban J connectivity index is 1.90. The zero-order valence-electron chi connectivity index (χ0n) is 8.67. The minimum Gasteiger partial charge on any atom is -0.508 e. The lowest BCUT2D eigenvalue weighted by molar-refractivity contribution is 0.292. The molecule has 1 atom stereocenters. The lowest BCUT2D eigenvalue weighted by atomic mass is 10.3. The van der Waals surface area contributed by atoms with E-state index in [1.54, 1.807) is 35.6 Å². The van der Waals surface area contributed by atoms with Gasteiger partial charge < -0.3 is 15.6 Å². The van der Waals surface area contributed by atoms with E-state index in [0.717, 1.165) is 4.88 Å². The summed E-state index contributed by atoms with van der Waals surface area (Å²) in [6, 6.07) is 10.5. The summed E-state index contributed by atoms with van der Waals surface area (Å²) < 4.78 is 5.52. The molecule has 0 aliphatic rings. The van der Waals surface area contributed by atoms with Crippen LogP contribution in [0.15, 0.2) is 41.8 Å². The number of hydrogen-bond donors (Lipinski definition) is 2. The number of phenolic OH excluding ortho intramolecular Hbond substituents is 1. The zero-order chi connectivity index (χ0) is 11.4. The number of phenols is 1. The maximum absolute atomic E-state index is 9.11. The van der Waals surface area contributed by atoms with Crippen LogP contribution < -0.4 is 10.5 Å². The molecule has 0 bridgehead atoms. The maximum Gasteiger partial charge on any atom is 0.119 e. The van der Waals surface area contributed by atoms with Crippen molar-refractivity contribution in [1.82, 2.24) is 0 Å². The number of benzene rings is 1. The van der Waals surface area contributed by atoms with E-state index in [0.29, 0.717) is 12.4 Å². The standard InChI is InChI=1S/C12H13NO2S/c13-11(12-2-1-7-16-12)8-15-10-5-3-9(14)4-6-10/h1-7,11,14H,8,13H2. The minimum absolute atomic E-state index is 0.103. The van der Waals surface area contributed by atoms with Gasteiger partial charge >= 0.3 is 0 Å².